The Kier molecular flexibility index (Phi) is 4.75. The average molecular weight is 244 g/mol. The van der Waals surface area contributed by atoms with E-state index in [1.807, 2.05) is 0 Å². The van der Waals surface area contributed by atoms with Gasteiger partial charge in [0.25, 0.3) is 0 Å². The van der Waals surface area contributed by atoms with Crippen molar-refractivity contribution in [2.24, 2.45) is 0 Å². The van der Waals surface area contributed by atoms with Crippen molar-refractivity contribution >= 4 is 29.2 Å². The molecule has 6 heteroatoms. The summed E-state index contributed by atoms with van der Waals surface area (Å²) in [4.78, 5) is 21.3. The number of ether oxygens (including phenoxy) is 1. The highest BCUT2D eigenvalue weighted by Gasteiger charge is 2.04. The number of anilines is 1. The van der Waals surface area contributed by atoms with Crippen molar-refractivity contribution in [3.8, 4) is 0 Å². The summed E-state index contributed by atoms with van der Waals surface area (Å²) in [6.07, 6.45) is 0. The lowest BCUT2D eigenvalue weighted by Gasteiger charge is -2.04. The van der Waals surface area contributed by atoms with Crippen LogP contribution in [0.1, 0.15) is 0 Å². The van der Waals surface area contributed by atoms with Crippen molar-refractivity contribution in [2.75, 3.05) is 18.5 Å². The maximum Gasteiger partial charge on any atom is 0.329 e. The molecule has 0 saturated carbocycles. The normalized spacial score (nSPS) is 9.81. The van der Waals surface area contributed by atoms with E-state index in [4.69, 9.17) is 16.7 Å². The van der Waals surface area contributed by atoms with E-state index in [0.29, 0.717) is 10.7 Å². The Morgan fingerprint density at radius 1 is 1.25 bits per heavy atom. The van der Waals surface area contributed by atoms with Gasteiger partial charge in [0, 0.05) is 10.7 Å². The third-order valence-electron chi connectivity index (χ3n) is 1.59. The van der Waals surface area contributed by atoms with Crippen LogP contribution in [0.5, 0.6) is 0 Å². The molecule has 1 aromatic carbocycles. The predicted octanol–water partition coefficient (Wildman–Crippen LogP) is 1.38. The summed E-state index contributed by atoms with van der Waals surface area (Å²) in [5.41, 5.74) is 0.577. The summed E-state index contributed by atoms with van der Waals surface area (Å²) in [6, 6.07) is 6.54. The molecule has 0 saturated heterocycles. The van der Waals surface area contributed by atoms with Gasteiger partial charge in [-0.05, 0) is 24.3 Å². The fraction of sp³-hybridized carbons (Fsp3) is 0.200. The molecule has 0 spiro atoms. The maximum absolute atomic E-state index is 11.2. The van der Waals surface area contributed by atoms with Crippen LogP contribution in [0, 0.1) is 0 Å². The number of carbonyl (C=O) groups excluding carboxylic acids is 1. The highest BCUT2D eigenvalue weighted by Crippen LogP contribution is 2.12. The van der Waals surface area contributed by atoms with Gasteiger partial charge in [0.15, 0.2) is 0 Å². The molecule has 0 aliphatic heterocycles. The van der Waals surface area contributed by atoms with Crippen LogP contribution in [0.25, 0.3) is 0 Å². The lowest BCUT2D eigenvalue weighted by molar-refractivity contribution is -0.143. The second-order valence-corrected chi connectivity index (χ2v) is 3.38. The maximum atomic E-state index is 11.2. The van der Waals surface area contributed by atoms with E-state index in [1.54, 1.807) is 24.3 Å². The topological polar surface area (TPSA) is 75.6 Å². The van der Waals surface area contributed by atoms with Crippen LogP contribution in [-0.2, 0) is 14.3 Å². The molecule has 5 nitrogen and oxygen atoms in total. The number of rotatable bonds is 5. The highest BCUT2D eigenvalue weighted by molar-refractivity contribution is 6.30. The fourth-order valence-corrected chi connectivity index (χ4v) is 1.09. The van der Waals surface area contributed by atoms with Gasteiger partial charge >= 0.3 is 5.97 Å². The molecule has 0 aliphatic rings. The van der Waals surface area contributed by atoms with Gasteiger partial charge in [-0.15, -0.1) is 0 Å². The zero-order chi connectivity index (χ0) is 12.0. The second-order valence-electron chi connectivity index (χ2n) is 2.94. The van der Waals surface area contributed by atoms with Crippen molar-refractivity contribution in [1.82, 2.24) is 0 Å². The van der Waals surface area contributed by atoms with Crippen LogP contribution in [0.2, 0.25) is 5.02 Å². The van der Waals surface area contributed by atoms with Crippen molar-refractivity contribution in [1.29, 1.82) is 0 Å². The first kappa shape index (κ1) is 12.5. The third kappa shape index (κ3) is 4.77. The van der Waals surface area contributed by atoms with Gasteiger partial charge in [-0.2, -0.15) is 0 Å². The Labute approximate surface area is 97.0 Å². The number of benzene rings is 1. The van der Waals surface area contributed by atoms with Crippen LogP contribution >= 0.6 is 11.6 Å². The minimum atomic E-state index is -1.11. The molecule has 0 aliphatic carbocycles. The molecule has 0 unspecified atom stereocenters. The van der Waals surface area contributed by atoms with Crippen LogP contribution < -0.4 is 5.32 Å². The van der Waals surface area contributed by atoms with Crippen molar-refractivity contribution in [2.45, 2.75) is 0 Å². The van der Waals surface area contributed by atoms with Crippen LogP contribution in [0.4, 0.5) is 5.69 Å². The monoisotopic (exact) mass is 243 g/mol. The van der Waals surface area contributed by atoms with E-state index in [0.717, 1.165) is 0 Å². The molecule has 0 heterocycles. The van der Waals surface area contributed by atoms with Gasteiger partial charge in [-0.1, -0.05) is 11.6 Å². The molecule has 1 amide bonds. The van der Waals surface area contributed by atoms with Gasteiger partial charge in [-0.25, -0.2) is 4.79 Å². The Morgan fingerprint density at radius 3 is 2.44 bits per heavy atom. The summed E-state index contributed by atoms with van der Waals surface area (Å²) in [7, 11) is 0. The van der Waals surface area contributed by atoms with Crippen molar-refractivity contribution in [3.63, 3.8) is 0 Å². The Morgan fingerprint density at radius 2 is 1.88 bits per heavy atom. The molecule has 2 N–H and O–H groups in total. The third-order valence-corrected chi connectivity index (χ3v) is 1.84. The number of halogens is 1. The minimum Gasteiger partial charge on any atom is -0.480 e. The highest BCUT2D eigenvalue weighted by atomic mass is 35.5. The quantitative estimate of drug-likeness (QED) is 0.819. The SMILES string of the molecule is O=C(O)COCC(=O)Nc1ccc(Cl)cc1. The van der Waals surface area contributed by atoms with E-state index in [-0.39, 0.29) is 6.61 Å². The van der Waals surface area contributed by atoms with Crippen molar-refractivity contribution in [3.05, 3.63) is 29.3 Å². The number of nitrogens with one attached hydrogen (secondary N) is 1. The molecule has 0 bridgehead atoms. The van der Waals surface area contributed by atoms with Crippen molar-refractivity contribution < 1.29 is 19.4 Å². The van der Waals surface area contributed by atoms with E-state index in [9.17, 15) is 9.59 Å². The summed E-state index contributed by atoms with van der Waals surface area (Å²) in [6.45, 7) is -0.789. The fourth-order valence-electron chi connectivity index (χ4n) is 0.961. The first-order valence-electron chi connectivity index (χ1n) is 4.43. The van der Waals surface area contributed by atoms with E-state index in [2.05, 4.69) is 10.1 Å². The molecule has 86 valence electrons. The molecule has 0 atom stereocenters. The molecule has 16 heavy (non-hydrogen) atoms. The molecule has 0 radical (unpaired) electrons. The first-order chi connectivity index (χ1) is 7.58. The van der Waals surface area contributed by atoms with Gasteiger partial charge in [0.1, 0.15) is 13.2 Å². The largest absolute Gasteiger partial charge is 0.480 e. The lowest BCUT2D eigenvalue weighted by atomic mass is 10.3. The molecule has 0 aromatic heterocycles. The number of aliphatic carboxylic acids is 1. The van der Waals surface area contributed by atoms with Crippen LogP contribution in [0.3, 0.4) is 0 Å². The van der Waals surface area contributed by atoms with E-state index in [1.165, 1.54) is 0 Å². The average Bonchev–Trinajstić information content (AvgIpc) is 2.21. The summed E-state index contributed by atoms with van der Waals surface area (Å²) < 4.78 is 4.62. The number of carboxylic acids is 1. The number of hydrogen-bond acceptors (Lipinski definition) is 3. The standard InChI is InChI=1S/C10H10ClNO4/c11-7-1-3-8(4-2-7)12-9(13)5-16-6-10(14)15/h1-4H,5-6H2,(H,12,13)(H,14,15). The zero-order valence-corrected chi connectivity index (χ0v) is 9.03. The number of hydrogen-bond donors (Lipinski definition) is 2. The smallest absolute Gasteiger partial charge is 0.329 e. The molecule has 1 rings (SSSR count). The Bertz CT molecular complexity index is 377. The lowest BCUT2D eigenvalue weighted by Crippen LogP contribution is -2.20. The van der Waals surface area contributed by atoms with E-state index >= 15 is 0 Å². The van der Waals surface area contributed by atoms with Gasteiger partial charge in [-0.3, -0.25) is 4.79 Å². The molecular weight excluding hydrogens is 234 g/mol. The first-order valence-corrected chi connectivity index (χ1v) is 4.80. The molecule has 0 fully saturated rings. The van der Waals surface area contributed by atoms with E-state index < -0.39 is 18.5 Å². The van der Waals surface area contributed by atoms with Gasteiger partial charge in [0.05, 0.1) is 0 Å². The number of amides is 1. The van der Waals surface area contributed by atoms with Crippen LogP contribution in [-0.4, -0.2) is 30.2 Å². The Hall–Kier alpha value is -1.59. The zero-order valence-electron chi connectivity index (χ0n) is 8.27. The summed E-state index contributed by atoms with van der Waals surface area (Å²) in [5.74, 6) is -1.53. The second kappa shape index (κ2) is 6.09. The molecular formula is C10H10ClNO4. The van der Waals surface area contributed by atoms with Gasteiger partial charge in [0.2, 0.25) is 5.91 Å². The predicted molar refractivity (Wildman–Crippen MR) is 58.5 cm³/mol. The van der Waals surface area contributed by atoms with Crippen LogP contribution in [0.15, 0.2) is 24.3 Å². The number of carbonyl (C=O) groups is 2. The minimum absolute atomic E-state index is 0.297. The summed E-state index contributed by atoms with van der Waals surface area (Å²) in [5, 5.41) is 11.4. The Balaban J connectivity index is 2.34. The summed E-state index contributed by atoms with van der Waals surface area (Å²) >= 11 is 5.66. The molecule has 1 aromatic rings. The van der Waals surface area contributed by atoms with Gasteiger partial charge < -0.3 is 15.2 Å². The number of carboxylic acid groups (broad SMARTS) is 1.